The third kappa shape index (κ3) is 2.35. The molecule has 3 aromatic rings. The summed E-state index contributed by atoms with van der Waals surface area (Å²) >= 11 is 5.72. The zero-order valence-corrected chi connectivity index (χ0v) is 10.5. The molecule has 0 fully saturated rings. The van der Waals surface area contributed by atoms with Crippen molar-refractivity contribution in [1.82, 2.24) is 15.2 Å². The molecule has 0 saturated carbocycles. The van der Waals surface area contributed by atoms with Crippen molar-refractivity contribution in [3.8, 4) is 22.8 Å². The minimum Gasteiger partial charge on any atom is -0.259 e. The maximum absolute atomic E-state index is 13.8. The van der Waals surface area contributed by atoms with Crippen molar-refractivity contribution in [2.75, 3.05) is 0 Å². The Bertz CT molecular complexity index is 710. The SMILES string of the molecule is Fc1cc(Cl)ccc1-c1nc(-c2ccccc2)n[nH]1. The molecule has 0 amide bonds. The van der Waals surface area contributed by atoms with Crippen LogP contribution < -0.4 is 0 Å². The first-order chi connectivity index (χ1) is 9.24. The second-order valence-corrected chi connectivity index (χ2v) is 4.43. The van der Waals surface area contributed by atoms with E-state index in [1.165, 1.54) is 6.07 Å². The smallest absolute Gasteiger partial charge is 0.181 e. The van der Waals surface area contributed by atoms with Crippen LogP contribution in [-0.2, 0) is 0 Å². The van der Waals surface area contributed by atoms with Crippen molar-refractivity contribution in [1.29, 1.82) is 0 Å². The highest BCUT2D eigenvalue weighted by Crippen LogP contribution is 2.24. The largest absolute Gasteiger partial charge is 0.259 e. The fraction of sp³-hybridized carbons (Fsp3) is 0. The first-order valence-electron chi connectivity index (χ1n) is 5.67. The molecule has 0 aliphatic heterocycles. The summed E-state index contributed by atoms with van der Waals surface area (Å²) in [6.07, 6.45) is 0. The Balaban J connectivity index is 2.02. The van der Waals surface area contributed by atoms with E-state index in [2.05, 4.69) is 15.2 Å². The summed E-state index contributed by atoms with van der Waals surface area (Å²) in [5.41, 5.74) is 1.22. The van der Waals surface area contributed by atoms with Gasteiger partial charge in [0, 0.05) is 10.6 Å². The van der Waals surface area contributed by atoms with Gasteiger partial charge in [0.25, 0.3) is 0 Å². The van der Waals surface area contributed by atoms with Gasteiger partial charge in [-0.1, -0.05) is 41.9 Å². The second-order valence-electron chi connectivity index (χ2n) is 4.00. The number of halogens is 2. The lowest BCUT2D eigenvalue weighted by atomic mass is 10.2. The first-order valence-corrected chi connectivity index (χ1v) is 6.05. The van der Waals surface area contributed by atoms with E-state index in [-0.39, 0.29) is 0 Å². The first kappa shape index (κ1) is 11.9. The quantitative estimate of drug-likeness (QED) is 0.768. The van der Waals surface area contributed by atoms with E-state index in [1.807, 2.05) is 30.3 Å². The molecule has 3 rings (SSSR count). The summed E-state index contributed by atoms with van der Waals surface area (Å²) in [4.78, 5) is 4.29. The molecule has 1 heterocycles. The fourth-order valence-corrected chi connectivity index (χ4v) is 1.94. The molecule has 0 saturated heterocycles. The van der Waals surface area contributed by atoms with Crippen molar-refractivity contribution in [3.63, 3.8) is 0 Å². The van der Waals surface area contributed by atoms with Crippen LogP contribution in [0.5, 0.6) is 0 Å². The van der Waals surface area contributed by atoms with Crippen molar-refractivity contribution in [2.24, 2.45) is 0 Å². The highest BCUT2D eigenvalue weighted by atomic mass is 35.5. The third-order valence-electron chi connectivity index (χ3n) is 2.70. The maximum Gasteiger partial charge on any atom is 0.181 e. The molecule has 5 heteroatoms. The van der Waals surface area contributed by atoms with Gasteiger partial charge in [-0.3, -0.25) is 5.10 Å². The minimum absolute atomic E-state index is 0.346. The highest BCUT2D eigenvalue weighted by Gasteiger charge is 2.11. The van der Waals surface area contributed by atoms with Gasteiger partial charge >= 0.3 is 0 Å². The van der Waals surface area contributed by atoms with Crippen molar-refractivity contribution < 1.29 is 4.39 Å². The number of H-pyrrole nitrogens is 1. The van der Waals surface area contributed by atoms with Gasteiger partial charge in [-0.15, -0.1) is 0 Å². The molecule has 0 spiro atoms. The van der Waals surface area contributed by atoms with E-state index in [0.717, 1.165) is 5.56 Å². The van der Waals surface area contributed by atoms with Gasteiger partial charge in [-0.05, 0) is 18.2 Å². The van der Waals surface area contributed by atoms with E-state index in [4.69, 9.17) is 11.6 Å². The number of nitrogens with one attached hydrogen (secondary N) is 1. The third-order valence-corrected chi connectivity index (χ3v) is 2.94. The van der Waals surface area contributed by atoms with Crippen LogP contribution in [0.15, 0.2) is 48.5 Å². The normalized spacial score (nSPS) is 10.6. The van der Waals surface area contributed by atoms with Gasteiger partial charge in [0.15, 0.2) is 11.6 Å². The molecule has 0 radical (unpaired) electrons. The molecule has 1 N–H and O–H groups in total. The molecule has 0 aliphatic carbocycles. The molecular weight excluding hydrogens is 265 g/mol. The molecule has 0 unspecified atom stereocenters. The highest BCUT2D eigenvalue weighted by molar-refractivity contribution is 6.30. The van der Waals surface area contributed by atoms with Gasteiger partial charge in [0.05, 0.1) is 5.56 Å². The predicted molar refractivity (Wildman–Crippen MR) is 72.2 cm³/mol. The van der Waals surface area contributed by atoms with Crippen LogP contribution in [0.2, 0.25) is 5.02 Å². The van der Waals surface area contributed by atoms with Crippen molar-refractivity contribution >= 4 is 11.6 Å². The number of aromatic nitrogens is 3. The Morgan fingerprint density at radius 3 is 2.58 bits per heavy atom. The molecule has 19 heavy (non-hydrogen) atoms. The molecular formula is C14H9ClFN3. The number of nitrogens with zero attached hydrogens (tertiary/aromatic N) is 2. The lowest BCUT2D eigenvalue weighted by molar-refractivity contribution is 0.630. The zero-order chi connectivity index (χ0) is 13.2. The van der Waals surface area contributed by atoms with Crippen LogP contribution in [0.3, 0.4) is 0 Å². The topological polar surface area (TPSA) is 41.6 Å². The summed E-state index contributed by atoms with van der Waals surface area (Å²) in [6, 6.07) is 13.9. The number of benzene rings is 2. The molecule has 1 aromatic heterocycles. The maximum atomic E-state index is 13.8. The number of rotatable bonds is 2. The van der Waals surface area contributed by atoms with Gasteiger partial charge in [0.1, 0.15) is 5.82 Å². The standard InChI is InChI=1S/C14H9ClFN3/c15-10-6-7-11(12(16)8-10)14-17-13(18-19-14)9-4-2-1-3-5-9/h1-8H,(H,17,18,19). The molecule has 3 nitrogen and oxygen atoms in total. The predicted octanol–water partition coefficient (Wildman–Crippen LogP) is 3.93. The minimum atomic E-state index is -0.428. The van der Waals surface area contributed by atoms with Crippen LogP contribution in [0, 0.1) is 5.82 Å². The van der Waals surface area contributed by atoms with Crippen LogP contribution >= 0.6 is 11.6 Å². The number of hydrogen-bond donors (Lipinski definition) is 1. The van der Waals surface area contributed by atoms with Gasteiger partial charge < -0.3 is 0 Å². The number of hydrogen-bond acceptors (Lipinski definition) is 2. The summed E-state index contributed by atoms with van der Waals surface area (Å²) in [5.74, 6) is 0.487. The van der Waals surface area contributed by atoms with E-state index >= 15 is 0 Å². The summed E-state index contributed by atoms with van der Waals surface area (Å²) in [7, 11) is 0. The molecule has 0 aliphatic rings. The lowest BCUT2D eigenvalue weighted by Gasteiger charge is -1.98. The second kappa shape index (κ2) is 4.82. The molecule has 2 aromatic carbocycles. The van der Waals surface area contributed by atoms with Gasteiger partial charge in [0.2, 0.25) is 0 Å². The average molecular weight is 274 g/mol. The van der Waals surface area contributed by atoms with E-state index in [9.17, 15) is 4.39 Å². The Labute approximate surface area is 114 Å². The summed E-state index contributed by atoms with van der Waals surface area (Å²) < 4.78 is 13.8. The van der Waals surface area contributed by atoms with Gasteiger partial charge in [-0.2, -0.15) is 5.10 Å². The van der Waals surface area contributed by atoms with Crippen molar-refractivity contribution in [2.45, 2.75) is 0 Å². The van der Waals surface area contributed by atoms with E-state index < -0.39 is 5.82 Å². The molecule has 0 bridgehead atoms. The average Bonchev–Trinajstić information content (AvgIpc) is 2.89. The zero-order valence-electron chi connectivity index (χ0n) is 9.77. The summed E-state index contributed by atoms with van der Waals surface area (Å²) in [5, 5.41) is 7.18. The Morgan fingerprint density at radius 1 is 1.05 bits per heavy atom. The van der Waals surface area contributed by atoms with Crippen molar-refractivity contribution in [3.05, 3.63) is 59.4 Å². The number of aromatic amines is 1. The van der Waals surface area contributed by atoms with Crippen LogP contribution in [0.1, 0.15) is 0 Å². The molecule has 0 atom stereocenters. The molecule has 94 valence electrons. The fourth-order valence-electron chi connectivity index (χ4n) is 1.78. The Hall–Kier alpha value is -2.20. The van der Waals surface area contributed by atoms with Crippen LogP contribution in [0.25, 0.3) is 22.8 Å². The van der Waals surface area contributed by atoms with E-state index in [1.54, 1.807) is 12.1 Å². The van der Waals surface area contributed by atoms with E-state index in [0.29, 0.717) is 22.2 Å². The van der Waals surface area contributed by atoms with Crippen LogP contribution in [-0.4, -0.2) is 15.2 Å². The summed E-state index contributed by atoms with van der Waals surface area (Å²) in [6.45, 7) is 0. The van der Waals surface area contributed by atoms with Crippen LogP contribution in [0.4, 0.5) is 4.39 Å². The Morgan fingerprint density at radius 2 is 1.84 bits per heavy atom. The monoisotopic (exact) mass is 273 g/mol. The lowest BCUT2D eigenvalue weighted by Crippen LogP contribution is -1.86. The Kier molecular flexibility index (Phi) is 3.01. The van der Waals surface area contributed by atoms with Gasteiger partial charge in [-0.25, -0.2) is 9.37 Å².